The molecule has 8 aliphatic rings. The fourth-order valence-electron chi connectivity index (χ4n) is 13.5. The maximum Gasteiger partial charge on any atom is 0.187 e. The normalized spacial score (nSPS) is 55.0. The Bertz CT molecular complexity index is 1600. The van der Waals surface area contributed by atoms with Gasteiger partial charge in [-0.2, -0.15) is 0 Å². The molecule has 11 N–H and O–H groups in total. The number of aliphatic hydroxyl groups is 11. The molecule has 63 heavy (non-hydrogen) atoms. The van der Waals surface area contributed by atoms with Gasteiger partial charge in [0.1, 0.15) is 67.1 Å². The van der Waals surface area contributed by atoms with Gasteiger partial charge in [0.05, 0.1) is 38.1 Å². The fourth-order valence-corrected chi connectivity index (χ4v) is 13.5. The third-order valence-corrected chi connectivity index (χ3v) is 17.4. The van der Waals surface area contributed by atoms with Crippen LogP contribution in [0.3, 0.4) is 0 Å². The van der Waals surface area contributed by atoms with Gasteiger partial charge in [0.15, 0.2) is 24.7 Å². The van der Waals surface area contributed by atoms with Crippen LogP contribution in [0.25, 0.3) is 0 Å². The topological polar surface area (TPSA) is 287 Å². The Balaban J connectivity index is 0.885. The Kier molecular flexibility index (Phi) is 14.2. The van der Waals surface area contributed by atoms with Crippen molar-refractivity contribution in [2.24, 2.45) is 46.3 Å². The lowest BCUT2D eigenvalue weighted by Gasteiger charge is -2.58. The van der Waals surface area contributed by atoms with Crippen LogP contribution in [0.1, 0.15) is 92.4 Å². The van der Waals surface area contributed by atoms with Crippen molar-refractivity contribution in [3.05, 3.63) is 11.6 Å². The zero-order valence-electron chi connectivity index (χ0n) is 37.1. The number of hydrogen-bond acceptors (Lipinski definition) is 18. The second kappa shape index (κ2) is 18.5. The average Bonchev–Trinajstić information content (AvgIpc) is 3.70. The van der Waals surface area contributed by atoms with Gasteiger partial charge >= 0.3 is 0 Å². The summed E-state index contributed by atoms with van der Waals surface area (Å²) < 4.78 is 42.1. The monoisotopic (exact) mass is 902 g/mol. The molecule has 0 amide bonds. The molecule has 362 valence electrons. The molecule has 7 fully saturated rings. The number of rotatable bonds is 12. The standard InChI is InChI=1S/C45H74O18/c1-19(18-57-40-37(54)35(52)32(49)28(16-46)60-40)8-13-45(56)20(2)30-27(63-45)15-26-24-7-6-22-14-23(9-11-43(22,4)25(24)10-12-44(26,30)5)59-42-39(36(53)33(50)29(17-47)61-42)62-41-38(55)34(51)31(48)21(3)58-41/h6,19-21,23-42,46-56H,7-18H2,1-5H3. The van der Waals surface area contributed by atoms with Gasteiger partial charge in [0.25, 0.3) is 0 Å². The lowest BCUT2D eigenvalue weighted by atomic mass is 9.47. The minimum Gasteiger partial charge on any atom is -0.394 e. The van der Waals surface area contributed by atoms with E-state index in [1.807, 2.05) is 6.92 Å². The van der Waals surface area contributed by atoms with Crippen molar-refractivity contribution in [3.8, 4) is 0 Å². The van der Waals surface area contributed by atoms with Gasteiger partial charge in [-0.05, 0) is 98.7 Å². The highest BCUT2D eigenvalue weighted by Gasteiger charge is 2.68. The molecule has 0 aromatic heterocycles. The summed E-state index contributed by atoms with van der Waals surface area (Å²) in [6.07, 6.45) is -11.5. The van der Waals surface area contributed by atoms with Gasteiger partial charge in [0, 0.05) is 12.3 Å². The molecule has 18 nitrogen and oxygen atoms in total. The van der Waals surface area contributed by atoms with Gasteiger partial charge in [-0.25, -0.2) is 0 Å². The van der Waals surface area contributed by atoms with Crippen molar-refractivity contribution in [1.29, 1.82) is 0 Å². The molecular weight excluding hydrogens is 828 g/mol. The Morgan fingerprint density at radius 1 is 0.746 bits per heavy atom. The number of hydrogen-bond donors (Lipinski definition) is 11. The van der Waals surface area contributed by atoms with Gasteiger partial charge in [-0.3, -0.25) is 0 Å². The summed E-state index contributed by atoms with van der Waals surface area (Å²) in [4.78, 5) is 0. The van der Waals surface area contributed by atoms with Crippen molar-refractivity contribution in [2.75, 3.05) is 19.8 Å². The van der Waals surface area contributed by atoms with Crippen molar-refractivity contribution in [2.45, 2.75) is 203 Å². The summed E-state index contributed by atoms with van der Waals surface area (Å²) >= 11 is 0. The minimum atomic E-state index is -1.65. The molecular formula is C45H74O18. The summed E-state index contributed by atoms with van der Waals surface area (Å²) in [6.45, 7) is 9.43. The largest absolute Gasteiger partial charge is 0.394 e. The van der Waals surface area contributed by atoms with Crippen LogP contribution in [0, 0.1) is 46.3 Å². The molecule has 3 saturated carbocycles. The highest BCUT2D eigenvalue weighted by atomic mass is 16.8. The SMILES string of the molecule is CC(CCC1(O)OC2CC3C4CC=C5CC(OC6OC(CO)C(O)C(O)C6OC6OC(C)C(O)C(O)C6O)CCC5(C)C4CCC3(C)C2C1C)COC1OC(CO)C(O)C(O)C1O. The molecule has 0 aromatic rings. The van der Waals surface area contributed by atoms with Crippen LogP contribution in [0.5, 0.6) is 0 Å². The maximum atomic E-state index is 12.0. The molecule has 4 saturated heterocycles. The molecule has 0 radical (unpaired) electrons. The van der Waals surface area contributed by atoms with E-state index in [0.29, 0.717) is 43.4 Å². The van der Waals surface area contributed by atoms with E-state index in [1.54, 1.807) is 0 Å². The highest BCUT2D eigenvalue weighted by Crippen LogP contribution is 2.70. The van der Waals surface area contributed by atoms with Gasteiger partial charge < -0.3 is 89.3 Å². The van der Waals surface area contributed by atoms with E-state index in [-0.39, 0.29) is 47.4 Å². The average molecular weight is 903 g/mol. The molecule has 0 spiro atoms. The van der Waals surface area contributed by atoms with Crippen LogP contribution >= 0.6 is 0 Å². The fraction of sp³-hybridized carbons (Fsp3) is 0.956. The lowest BCUT2D eigenvalue weighted by molar-refractivity contribution is -0.369. The number of allylic oxidation sites excluding steroid dienone is 1. The first kappa shape index (κ1) is 48.5. The van der Waals surface area contributed by atoms with E-state index in [0.717, 1.165) is 32.1 Å². The third kappa shape index (κ3) is 8.51. The van der Waals surface area contributed by atoms with E-state index >= 15 is 0 Å². The number of fused-ring (bicyclic) bond motifs is 7. The van der Waals surface area contributed by atoms with E-state index in [4.69, 9.17) is 33.2 Å². The van der Waals surface area contributed by atoms with Crippen LogP contribution < -0.4 is 0 Å². The Morgan fingerprint density at radius 3 is 2.10 bits per heavy atom. The Morgan fingerprint density at radius 2 is 1.40 bits per heavy atom. The zero-order chi connectivity index (χ0) is 45.5. The van der Waals surface area contributed by atoms with Crippen LogP contribution in [-0.2, 0) is 33.2 Å². The van der Waals surface area contributed by atoms with Crippen LogP contribution in [0.2, 0.25) is 0 Å². The quantitative estimate of drug-likeness (QED) is 0.107. The minimum absolute atomic E-state index is 0.0148. The van der Waals surface area contributed by atoms with E-state index in [1.165, 1.54) is 12.5 Å². The number of ether oxygens (including phenoxy) is 7. The first-order valence-corrected chi connectivity index (χ1v) is 23.4. The van der Waals surface area contributed by atoms with E-state index in [2.05, 4.69) is 26.8 Å². The lowest BCUT2D eigenvalue weighted by Crippen LogP contribution is -2.64. The summed E-state index contributed by atoms with van der Waals surface area (Å²) in [7, 11) is 0. The highest BCUT2D eigenvalue weighted by molar-refractivity contribution is 5.26. The van der Waals surface area contributed by atoms with Crippen molar-refractivity contribution < 1.29 is 89.3 Å². The van der Waals surface area contributed by atoms with Crippen molar-refractivity contribution in [1.82, 2.24) is 0 Å². The molecule has 4 aliphatic carbocycles. The van der Waals surface area contributed by atoms with Gasteiger partial charge in [0.2, 0.25) is 0 Å². The molecule has 26 atom stereocenters. The van der Waals surface area contributed by atoms with Crippen molar-refractivity contribution in [3.63, 3.8) is 0 Å². The smallest absolute Gasteiger partial charge is 0.187 e. The first-order valence-electron chi connectivity index (χ1n) is 23.4. The summed E-state index contributed by atoms with van der Waals surface area (Å²) in [5.74, 6) is 0.0506. The third-order valence-electron chi connectivity index (χ3n) is 17.4. The van der Waals surface area contributed by atoms with Crippen LogP contribution in [0.4, 0.5) is 0 Å². The van der Waals surface area contributed by atoms with Crippen molar-refractivity contribution >= 4 is 0 Å². The summed E-state index contributed by atoms with van der Waals surface area (Å²) in [6, 6.07) is 0. The first-order chi connectivity index (χ1) is 29.8. The maximum absolute atomic E-state index is 12.0. The summed E-state index contributed by atoms with van der Waals surface area (Å²) in [5, 5.41) is 115. The predicted octanol–water partition coefficient (Wildman–Crippen LogP) is -0.831. The summed E-state index contributed by atoms with van der Waals surface area (Å²) in [5.41, 5.74) is 1.23. The van der Waals surface area contributed by atoms with E-state index < -0.39 is 111 Å². The molecule has 18 heteroatoms. The van der Waals surface area contributed by atoms with Gasteiger partial charge in [-0.1, -0.05) is 39.3 Å². The predicted molar refractivity (Wildman–Crippen MR) is 218 cm³/mol. The van der Waals surface area contributed by atoms with Crippen LogP contribution in [0.15, 0.2) is 11.6 Å². The molecule has 8 rings (SSSR count). The zero-order valence-corrected chi connectivity index (χ0v) is 37.1. The molecule has 4 aliphatic heterocycles. The van der Waals surface area contributed by atoms with E-state index in [9.17, 15) is 56.2 Å². The molecule has 26 unspecified atom stereocenters. The second-order valence-electron chi connectivity index (χ2n) is 21.0. The Labute approximate surface area is 369 Å². The van der Waals surface area contributed by atoms with Gasteiger partial charge in [-0.15, -0.1) is 0 Å². The Hall–Kier alpha value is -0.980. The molecule has 4 heterocycles. The molecule has 0 aromatic carbocycles. The molecule has 0 bridgehead atoms. The number of aliphatic hydroxyl groups excluding tert-OH is 10. The van der Waals surface area contributed by atoms with Crippen LogP contribution in [-0.4, -0.2) is 186 Å². The second-order valence-corrected chi connectivity index (χ2v) is 21.0.